The summed E-state index contributed by atoms with van der Waals surface area (Å²) in [6.07, 6.45) is 4.85. The van der Waals surface area contributed by atoms with Crippen LogP contribution < -0.4 is 0 Å². The van der Waals surface area contributed by atoms with E-state index in [1.807, 2.05) is 0 Å². The van der Waals surface area contributed by atoms with E-state index in [2.05, 4.69) is 15.0 Å². The highest BCUT2D eigenvalue weighted by atomic mass is 35.5. The molecule has 4 nitrogen and oxygen atoms in total. The number of hydrogen-bond acceptors (Lipinski definition) is 4. The Morgan fingerprint density at radius 1 is 1.32 bits per heavy atom. The average Bonchev–Trinajstić information content (AvgIpc) is 2.83. The fourth-order valence-electron chi connectivity index (χ4n) is 1.87. The molecule has 3 heterocycles. The quantitative estimate of drug-likeness (QED) is 0.720. The molecular weight excluding hydrogens is 287 g/mol. The van der Waals surface area contributed by atoms with E-state index in [0.717, 1.165) is 0 Å². The van der Waals surface area contributed by atoms with E-state index in [9.17, 15) is 3.89 Å². The minimum atomic E-state index is 0.0877. The van der Waals surface area contributed by atoms with Gasteiger partial charge in [0.2, 0.25) is 0 Å². The molecule has 0 aliphatic carbocycles. The number of nitrogens with zero attached hydrogens (tertiary/aromatic N) is 4. The first-order valence-corrected chi connectivity index (χ1v) is 6.50. The van der Waals surface area contributed by atoms with Crippen LogP contribution in [-0.4, -0.2) is 18.9 Å². The molecule has 0 aromatic carbocycles. The van der Waals surface area contributed by atoms with Crippen LogP contribution in [0.4, 0.5) is 3.89 Å². The fraction of sp³-hybridized carbons (Fsp3) is 0.0833. The summed E-state index contributed by atoms with van der Waals surface area (Å²) in [7, 11) is 0. The number of aromatic nitrogens is 4. The highest BCUT2D eigenvalue weighted by Gasteiger charge is 2.13. The van der Waals surface area contributed by atoms with Crippen LogP contribution in [0.5, 0.6) is 0 Å². The number of hydrogen-bond donors (Lipinski definition) is 0. The summed E-state index contributed by atoms with van der Waals surface area (Å²) >= 11 is 6.44. The standard InChI is InChI=1S/C12H8ClFN4S/c1-7-15-4-2-10(17-7)9-6-16-12-8(11(9)13)3-5-18(12)19-14/h2-6H,1H3. The van der Waals surface area contributed by atoms with E-state index in [-0.39, 0.29) is 12.3 Å². The summed E-state index contributed by atoms with van der Waals surface area (Å²) < 4.78 is 14.0. The maximum absolute atomic E-state index is 12.7. The van der Waals surface area contributed by atoms with E-state index in [1.165, 1.54) is 3.97 Å². The van der Waals surface area contributed by atoms with Crippen molar-refractivity contribution < 1.29 is 3.89 Å². The molecule has 0 bridgehead atoms. The van der Waals surface area contributed by atoms with Crippen LogP contribution in [0.1, 0.15) is 5.82 Å². The van der Waals surface area contributed by atoms with Crippen molar-refractivity contribution in [2.75, 3.05) is 0 Å². The molecule has 3 aromatic rings. The third kappa shape index (κ3) is 2.06. The lowest BCUT2D eigenvalue weighted by Gasteiger charge is -2.05. The fourth-order valence-corrected chi connectivity index (χ4v) is 2.48. The molecule has 7 heteroatoms. The molecule has 0 radical (unpaired) electrons. The van der Waals surface area contributed by atoms with Crippen molar-refractivity contribution in [1.29, 1.82) is 0 Å². The van der Waals surface area contributed by atoms with Crippen molar-refractivity contribution in [3.8, 4) is 11.3 Å². The predicted octanol–water partition coefficient (Wildman–Crippen LogP) is 3.84. The summed E-state index contributed by atoms with van der Waals surface area (Å²) in [5.41, 5.74) is 1.90. The van der Waals surface area contributed by atoms with Gasteiger partial charge in [-0.05, 0) is 19.1 Å². The monoisotopic (exact) mass is 294 g/mol. The molecule has 0 unspecified atom stereocenters. The summed E-state index contributed by atoms with van der Waals surface area (Å²) in [5, 5.41) is 1.21. The van der Waals surface area contributed by atoms with Crippen molar-refractivity contribution in [3.05, 3.63) is 41.6 Å². The van der Waals surface area contributed by atoms with Gasteiger partial charge in [0.15, 0.2) is 18.0 Å². The molecule has 0 saturated carbocycles. The maximum atomic E-state index is 12.7. The first-order chi connectivity index (χ1) is 9.20. The summed E-state index contributed by atoms with van der Waals surface area (Å²) in [4.78, 5) is 12.6. The topological polar surface area (TPSA) is 43.6 Å². The van der Waals surface area contributed by atoms with Crippen LogP contribution in [0, 0.1) is 6.92 Å². The molecule has 0 aliphatic rings. The van der Waals surface area contributed by atoms with Gasteiger partial charge in [0, 0.05) is 29.5 Å². The molecule has 0 atom stereocenters. The molecular formula is C12H8ClFN4S. The number of rotatable bonds is 2. The number of fused-ring (bicyclic) bond motifs is 1. The SMILES string of the molecule is Cc1nccc(-c2cnc3c(ccn3SF)c2Cl)n1. The van der Waals surface area contributed by atoms with Crippen molar-refractivity contribution in [2.45, 2.75) is 6.92 Å². The molecule has 19 heavy (non-hydrogen) atoms. The van der Waals surface area contributed by atoms with Crippen molar-refractivity contribution >= 4 is 35.0 Å². The Morgan fingerprint density at radius 3 is 2.89 bits per heavy atom. The van der Waals surface area contributed by atoms with E-state index in [4.69, 9.17) is 11.6 Å². The van der Waals surface area contributed by atoms with Gasteiger partial charge >= 0.3 is 0 Å². The Morgan fingerprint density at radius 2 is 2.16 bits per heavy atom. The highest BCUT2D eigenvalue weighted by molar-refractivity contribution is 7.92. The maximum Gasteiger partial charge on any atom is 0.171 e. The van der Waals surface area contributed by atoms with E-state index in [0.29, 0.717) is 33.1 Å². The van der Waals surface area contributed by atoms with Crippen molar-refractivity contribution in [2.24, 2.45) is 0 Å². The molecule has 0 N–H and O–H groups in total. The lowest BCUT2D eigenvalue weighted by atomic mass is 10.1. The predicted molar refractivity (Wildman–Crippen MR) is 74.6 cm³/mol. The number of halogens is 2. The smallest absolute Gasteiger partial charge is 0.171 e. The highest BCUT2D eigenvalue weighted by Crippen LogP contribution is 2.33. The van der Waals surface area contributed by atoms with Crippen LogP contribution in [0.25, 0.3) is 22.3 Å². The Bertz CT molecular complexity index is 759. The van der Waals surface area contributed by atoms with Crippen LogP contribution >= 0.6 is 23.9 Å². The molecule has 0 amide bonds. The Balaban J connectivity index is 2.23. The largest absolute Gasteiger partial charge is 0.247 e. The van der Waals surface area contributed by atoms with Crippen LogP contribution in [0.15, 0.2) is 30.7 Å². The molecule has 0 fully saturated rings. The van der Waals surface area contributed by atoms with Crippen LogP contribution in [0.3, 0.4) is 0 Å². The van der Waals surface area contributed by atoms with Crippen LogP contribution in [0.2, 0.25) is 5.02 Å². The van der Waals surface area contributed by atoms with Gasteiger partial charge in [-0.15, -0.1) is 3.89 Å². The lowest BCUT2D eigenvalue weighted by molar-refractivity contribution is 0.919. The van der Waals surface area contributed by atoms with Gasteiger partial charge in [0.25, 0.3) is 0 Å². The zero-order valence-electron chi connectivity index (χ0n) is 9.84. The summed E-state index contributed by atoms with van der Waals surface area (Å²) in [6, 6.07) is 3.50. The third-order valence-electron chi connectivity index (χ3n) is 2.74. The second-order valence-corrected chi connectivity index (χ2v) is 4.83. The zero-order valence-corrected chi connectivity index (χ0v) is 11.4. The first-order valence-electron chi connectivity index (χ1n) is 5.45. The average molecular weight is 295 g/mol. The lowest BCUT2D eigenvalue weighted by Crippen LogP contribution is -1.92. The van der Waals surface area contributed by atoms with Gasteiger partial charge in [0.05, 0.1) is 10.7 Å². The Hall–Kier alpha value is -1.66. The normalized spacial score (nSPS) is 11.1. The summed E-state index contributed by atoms with van der Waals surface area (Å²) in [6.45, 7) is 1.81. The van der Waals surface area contributed by atoms with Crippen molar-refractivity contribution in [1.82, 2.24) is 18.9 Å². The molecule has 3 aromatic heterocycles. The Labute approximate surface area is 118 Å². The first kappa shape index (κ1) is 12.4. The third-order valence-corrected chi connectivity index (χ3v) is 3.59. The molecule has 96 valence electrons. The number of pyridine rings is 1. The Kier molecular flexibility index (Phi) is 3.12. The minimum Gasteiger partial charge on any atom is -0.247 e. The second-order valence-electron chi connectivity index (χ2n) is 3.92. The molecule has 0 aliphatic heterocycles. The van der Waals surface area contributed by atoms with Gasteiger partial charge < -0.3 is 0 Å². The van der Waals surface area contributed by atoms with Gasteiger partial charge in [0.1, 0.15) is 5.82 Å². The van der Waals surface area contributed by atoms with Crippen molar-refractivity contribution in [3.63, 3.8) is 0 Å². The van der Waals surface area contributed by atoms with Gasteiger partial charge in [-0.25, -0.2) is 18.9 Å². The van der Waals surface area contributed by atoms with Gasteiger partial charge in [-0.1, -0.05) is 11.6 Å². The molecule has 3 rings (SSSR count). The number of aryl methyl sites for hydroxylation is 1. The van der Waals surface area contributed by atoms with E-state index in [1.54, 1.807) is 37.6 Å². The zero-order chi connectivity index (χ0) is 13.4. The van der Waals surface area contributed by atoms with Gasteiger partial charge in [-0.3, -0.25) is 0 Å². The van der Waals surface area contributed by atoms with E-state index < -0.39 is 0 Å². The van der Waals surface area contributed by atoms with E-state index >= 15 is 0 Å². The summed E-state index contributed by atoms with van der Waals surface area (Å²) in [5.74, 6) is 0.658. The van der Waals surface area contributed by atoms with Crippen LogP contribution in [-0.2, 0) is 0 Å². The molecule has 0 spiro atoms. The molecule has 0 saturated heterocycles. The van der Waals surface area contributed by atoms with Gasteiger partial charge in [-0.2, -0.15) is 0 Å². The minimum absolute atomic E-state index is 0.0877. The second kappa shape index (κ2) is 4.79.